The van der Waals surface area contributed by atoms with E-state index in [4.69, 9.17) is 4.74 Å². The molecule has 0 spiro atoms. The highest BCUT2D eigenvalue weighted by Crippen LogP contribution is 2.46. The van der Waals surface area contributed by atoms with Crippen LogP contribution in [0.4, 0.5) is 30.7 Å². The maximum absolute atomic E-state index is 13.6. The van der Waals surface area contributed by atoms with Gasteiger partial charge < -0.3 is 10.1 Å². The van der Waals surface area contributed by atoms with Crippen molar-refractivity contribution in [3.8, 4) is 0 Å². The van der Waals surface area contributed by atoms with Crippen molar-refractivity contribution in [1.82, 2.24) is 10.2 Å². The number of amides is 1. The highest BCUT2D eigenvalue weighted by molar-refractivity contribution is 5.84. The number of hydrogen-bond acceptors (Lipinski definition) is 3. The van der Waals surface area contributed by atoms with Gasteiger partial charge in [0.15, 0.2) is 0 Å². The highest BCUT2D eigenvalue weighted by Gasteiger charge is 2.47. The van der Waals surface area contributed by atoms with Crippen LogP contribution in [0.15, 0.2) is 42.5 Å². The molecule has 2 aromatic rings. The van der Waals surface area contributed by atoms with Gasteiger partial charge in [-0.3, -0.25) is 9.69 Å². The summed E-state index contributed by atoms with van der Waals surface area (Å²) in [6.07, 6.45) is -8.80. The summed E-state index contributed by atoms with van der Waals surface area (Å²) in [6.45, 7) is -0.459. The van der Waals surface area contributed by atoms with Crippen molar-refractivity contribution >= 4 is 5.91 Å². The van der Waals surface area contributed by atoms with Crippen molar-refractivity contribution in [1.29, 1.82) is 0 Å². The van der Waals surface area contributed by atoms with Gasteiger partial charge in [-0.05, 0) is 80.7 Å². The van der Waals surface area contributed by atoms with Crippen LogP contribution in [0.2, 0.25) is 0 Å². The monoisotopic (exact) mass is 532 g/mol. The zero-order chi connectivity index (χ0) is 27.1. The molecular formula is C26H27F7N2O2. The predicted octanol–water partition coefficient (Wildman–Crippen LogP) is 5.76. The van der Waals surface area contributed by atoms with Crippen LogP contribution in [0.1, 0.15) is 47.4 Å². The molecule has 1 heterocycles. The van der Waals surface area contributed by atoms with Crippen LogP contribution in [0.25, 0.3) is 0 Å². The second kappa shape index (κ2) is 10.2. The van der Waals surface area contributed by atoms with E-state index in [1.165, 1.54) is 12.1 Å². The molecule has 2 aliphatic rings. The molecular weight excluding hydrogens is 505 g/mol. The highest BCUT2D eigenvalue weighted by atomic mass is 19.4. The predicted molar refractivity (Wildman–Crippen MR) is 121 cm³/mol. The van der Waals surface area contributed by atoms with Crippen LogP contribution >= 0.6 is 0 Å². The van der Waals surface area contributed by atoms with Crippen molar-refractivity contribution in [2.45, 2.75) is 62.3 Å². The van der Waals surface area contributed by atoms with Crippen LogP contribution < -0.4 is 5.32 Å². The fraction of sp³-hybridized carbons (Fsp3) is 0.500. The lowest BCUT2D eigenvalue weighted by Crippen LogP contribution is -2.37. The van der Waals surface area contributed by atoms with E-state index in [2.05, 4.69) is 5.32 Å². The molecule has 1 saturated heterocycles. The first-order valence-electron chi connectivity index (χ1n) is 11.9. The average molecular weight is 533 g/mol. The van der Waals surface area contributed by atoms with Crippen molar-refractivity contribution in [3.05, 3.63) is 70.5 Å². The fourth-order valence-corrected chi connectivity index (χ4v) is 5.50. The van der Waals surface area contributed by atoms with E-state index in [-0.39, 0.29) is 41.5 Å². The number of halogens is 7. The van der Waals surface area contributed by atoms with Gasteiger partial charge in [0.2, 0.25) is 5.91 Å². The number of alkyl halides is 6. The number of nitrogens with one attached hydrogen (secondary N) is 1. The van der Waals surface area contributed by atoms with Crippen LogP contribution in [0.5, 0.6) is 0 Å². The Bertz CT molecular complexity index is 1080. The molecule has 1 aliphatic carbocycles. The number of carbonyl (C=O) groups is 1. The lowest BCUT2D eigenvalue weighted by Gasteiger charge is -2.30. The average Bonchev–Trinajstić information content (AvgIpc) is 3.40. The van der Waals surface area contributed by atoms with Crippen LogP contribution in [0.3, 0.4) is 0 Å². The van der Waals surface area contributed by atoms with E-state index in [0.29, 0.717) is 31.4 Å². The second-order valence-corrected chi connectivity index (χ2v) is 9.91. The molecule has 202 valence electrons. The molecule has 2 aromatic carbocycles. The van der Waals surface area contributed by atoms with E-state index in [1.807, 2.05) is 4.90 Å². The number of ether oxygens (including phenoxy) is 1. The Labute approximate surface area is 209 Å². The minimum Gasteiger partial charge on any atom is -0.373 e. The standard InChI is InChI=1S/C26H27F7N2O2/c1-35(2)21-12-20(34-24(21)36)19-7-8-22(23(19)15-3-5-18(27)6-4-15)37-13-14-9-16(25(28,29)30)11-17(10-14)26(31,32)33/h3-6,9-11,19-23H,7-8,12-13H2,1-2H3,(H,34,36)/t19-,20?,21+,22-,23-/m0/s1. The van der Waals surface area contributed by atoms with Gasteiger partial charge in [0.1, 0.15) is 5.82 Å². The Balaban J connectivity index is 1.59. The van der Waals surface area contributed by atoms with Crippen LogP contribution in [0, 0.1) is 11.7 Å². The van der Waals surface area contributed by atoms with Gasteiger partial charge in [-0.15, -0.1) is 0 Å². The molecule has 2 fully saturated rings. The molecule has 37 heavy (non-hydrogen) atoms. The van der Waals surface area contributed by atoms with E-state index < -0.39 is 42.0 Å². The maximum Gasteiger partial charge on any atom is 0.416 e. The lowest BCUT2D eigenvalue weighted by molar-refractivity contribution is -0.143. The van der Waals surface area contributed by atoms with Gasteiger partial charge in [0.05, 0.1) is 29.9 Å². The third-order valence-corrected chi connectivity index (χ3v) is 7.26. The Hall–Kier alpha value is -2.66. The molecule has 1 aliphatic heterocycles. The van der Waals surface area contributed by atoms with Crippen molar-refractivity contribution in [3.63, 3.8) is 0 Å². The molecule has 11 heteroatoms. The van der Waals surface area contributed by atoms with Gasteiger partial charge in [-0.2, -0.15) is 26.3 Å². The topological polar surface area (TPSA) is 41.6 Å². The first-order valence-corrected chi connectivity index (χ1v) is 11.9. The summed E-state index contributed by atoms with van der Waals surface area (Å²) in [5.41, 5.74) is -2.31. The third kappa shape index (κ3) is 6.09. The van der Waals surface area contributed by atoms with Crippen molar-refractivity contribution in [2.75, 3.05) is 14.1 Å². The Kier molecular flexibility index (Phi) is 7.58. The van der Waals surface area contributed by atoms with Crippen LogP contribution in [-0.4, -0.2) is 43.1 Å². The summed E-state index contributed by atoms with van der Waals surface area (Å²) in [4.78, 5) is 14.3. The van der Waals surface area contributed by atoms with Gasteiger partial charge >= 0.3 is 12.4 Å². The lowest BCUT2D eigenvalue weighted by atomic mass is 9.82. The number of hydrogen-bond donors (Lipinski definition) is 1. The van der Waals surface area contributed by atoms with E-state index in [1.54, 1.807) is 26.2 Å². The number of nitrogens with zero attached hydrogens (tertiary/aromatic N) is 1. The molecule has 1 saturated carbocycles. The Morgan fingerprint density at radius 1 is 0.946 bits per heavy atom. The summed E-state index contributed by atoms with van der Waals surface area (Å²) < 4.78 is 99.1. The second-order valence-electron chi connectivity index (χ2n) is 9.91. The largest absolute Gasteiger partial charge is 0.416 e. The number of benzene rings is 2. The van der Waals surface area contributed by atoms with Crippen molar-refractivity contribution in [2.24, 2.45) is 5.92 Å². The zero-order valence-corrected chi connectivity index (χ0v) is 20.2. The first-order chi connectivity index (χ1) is 17.2. The smallest absolute Gasteiger partial charge is 0.373 e. The van der Waals surface area contributed by atoms with Crippen LogP contribution in [-0.2, 0) is 28.5 Å². The molecule has 1 unspecified atom stereocenters. The molecule has 4 nitrogen and oxygen atoms in total. The molecule has 0 bridgehead atoms. The number of likely N-dealkylation sites (N-methyl/N-ethyl adjacent to an activating group) is 1. The summed E-state index contributed by atoms with van der Waals surface area (Å²) in [5.74, 6) is -0.988. The fourth-order valence-electron chi connectivity index (χ4n) is 5.50. The molecule has 4 rings (SSSR count). The molecule has 1 N–H and O–H groups in total. The summed E-state index contributed by atoms with van der Waals surface area (Å²) >= 11 is 0. The SMILES string of the molecule is CN(C)[C@@H]1CC([C@@H]2CC[C@H](OCc3cc(C(F)(F)F)cc(C(F)(F)F)c3)[C@H]2c2ccc(F)cc2)NC1=O. The van der Waals surface area contributed by atoms with E-state index in [0.717, 1.165) is 5.56 Å². The van der Waals surface area contributed by atoms with E-state index >= 15 is 0 Å². The summed E-state index contributed by atoms with van der Waals surface area (Å²) in [7, 11) is 3.60. The van der Waals surface area contributed by atoms with Gasteiger partial charge in [-0.1, -0.05) is 12.1 Å². The van der Waals surface area contributed by atoms with Gasteiger partial charge in [-0.25, -0.2) is 4.39 Å². The molecule has 0 radical (unpaired) electrons. The zero-order valence-electron chi connectivity index (χ0n) is 20.2. The number of rotatable bonds is 6. The third-order valence-electron chi connectivity index (χ3n) is 7.26. The molecule has 0 aromatic heterocycles. The first kappa shape index (κ1) is 27.4. The minimum atomic E-state index is -4.95. The Morgan fingerprint density at radius 2 is 1.54 bits per heavy atom. The molecule has 5 atom stereocenters. The summed E-state index contributed by atoms with van der Waals surface area (Å²) in [5, 5.41) is 3.02. The van der Waals surface area contributed by atoms with Crippen molar-refractivity contribution < 1.29 is 40.3 Å². The minimum absolute atomic E-state index is 0.0837. The van der Waals surface area contributed by atoms with Gasteiger partial charge in [0.25, 0.3) is 0 Å². The number of carbonyl (C=O) groups excluding carboxylic acids is 1. The van der Waals surface area contributed by atoms with Gasteiger partial charge in [0, 0.05) is 12.0 Å². The van der Waals surface area contributed by atoms with E-state index in [9.17, 15) is 35.5 Å². The quantitative estimate of drug-likeness (QED) is 0.481. The summed E-state index contributed by atoms with van der Waals surface area (Å²) in [6, 6.07) is 6.67. The molecule has 1 amide bonds. The Morgan fingerprint density at radius 3 is 2.05 bits per heavy atom. The maximum atomic E-state index is 13.6. The normalized spacial score (nSPS) is 26.6.